The largest absolute Gasteiger partial charge is 0.455 e. The van der Waals surface area contributed by atoms with Gasteiger partial charge in [-0.2, -0.15) is 0 Å². The van der Waals surface area contributed by atoms with Gasteiger partial charge in [-0.1, -0.05) is 36.4 Å². The molecule has 6 nitrogen and oxygen atoms in total. The lowest BCUT2D eigenvalue weighted by Gasteiger charge is -2.23. The summed E-state index contributed by atoms with van der Waals surface area (Å²) in [6, 6.07) is 18.9. The van der Waals surface area contributed by atoms with Crippen LogP contribution in [0.4, 0.5) is 15.8 Å². The van der Waals surface area contributed by atoms with Crippen LogP contribution in [0, 0.1) is 5.82 Å². The van der Waals surface area contributed by atoms with E-state index in [0.717, 1.165) is 28.2 Å². The van der Waals surface area contributed by atoms with Crippen molar-refractivity contribution in [1.82, 2.24) is 0 Å². The Morgan fingerprint density at radius 2 is 1.73 bits per heavy atom. The van der Waals surface area contributed by atoms with Crippen molar-refractivity contribution in [3.8, 4) is 0 Å². The van der Waals surface area contributed by atoms with E-state index in [2.05, 4.69) is 5.32 Å². The number of hydrogen-bond donors (Lipinski definition) is 1. The molecule has 0 aliphatic heterocycles. The minimum absolute atomic E-state index is 0.0126. The van der Waals surface area contributed by atoms with Gasteiger partial charge < -0.3 is 15.0 Å². The van der Waals surface area contributed by atoms with Crippen LogP contribution in [-0.2, 0) is 19.1 Å². The molecule has 2 amide bonds. The van der Waals surface area contributed by atoms with Crippen LogP contribution in [0.25, 0.3) is 10.8 Å². The van der Waals surface area contributed by atoms with Crippen LogP contribution in [0.1, 0.15) is 13.8 Å². The molecule has 0 bridgehead atoms. The van der Waals surface area contributed by atoms with Crippen LogP contribution in [-0.4, -0.2) is 41.9 Å². The SMILES string of the molecule is CCN(C(=O)COC(=O)C(C)SCC(=O)Nc1ccc(F)cc1)c1cccc2ccccc12. The molecule has 3 rings (SSSR count). The van der Waals surface area contributed by atoms with Crippen molar-refractivity contribution < 1.29 is 23.5 Å². The number of esters is 1. The predicted molar refractivity (Wildman–Crippen MR) is 130 cm³/mol. The van der Waals surface area contributed by atoms with Gasteiger partial charge in [0.25, 0.3) is 5.91 Å². The molecule has 33 heavy (non-hydrogen) atoms. The van der Waals surface area contributed by atoms with Crippen molar-refractivity contribution in [1.29, 1.82) is 0 Å². The number of amides is 2. The third kappa shape index (κ3) is 6.55. The summed E-state index contributed by atoms with van der Waals surface area (Å²) in [5, 5.41) is 3.95. The molecule has 0 heterocycles. The summed E-state index contributed by atoms with van der Waals surface area (Å²) in [5.74, 6) is -1.60. The van der Waals surface area contributed by atoms with Crippen molar-refractivity contribution >= 4 is 51.7 Å². The molecule has 0 aliphatic carbocycles. The molecule has 0 saturated carbocycles. The standard InChI is InChI=1S/C25H25FN2O4S/c1-3-28(22-10-6-8-18-7-4-5-9-21(18)22)24(30)15-32-25(31)17(2)33-16-23(29)27-20-13-11-19(26)12-14-20/h4-14,17H,3,15-16H2,1-2H3,(H,27,29). The first-order valence-electron chi connectivity index (χ1n) is 10.5. The molecule has 0 saturated heterocycles. The Morgan fingerprint density at radius 3 is 2.45 bits per heavy atom. The summed E-state index contributed by atoms with van der Waals surface area (Å²) in [6.45, 7) is 3.52. The molecule has 0 radical (unpaired) electrons. The fourth-order valence-corrected chi connectivity index (χ4v) is 3.93. The summed E-state index contributed by atoms with van der Waals surface area (Å²) in [7, 11) is 0. The quantitative estimate of drug-likeness (QED) is 0.463. The number of ether oxygens (including phenoxy) is 1. The minimum Gasteiger partial charge on any atom is -0.455 e. The topological polar surface area (TPSA) is 75.7 Å². The van der Waals surface area contributed by atoms with E-state index in [4.69, 9.17) is 4.74 Å². The van der Waals surface area contributed by atoms with E-state index < -0.39 is 17.0 Å². The molecular weight excluding hydrogens is 443 g/mol. The van der Waals surface area contributed by atoms with Gasteiger partial charge in [-0.05, 0) is 49.6 Å². The van der Waals surface area contributed by atoms with E-state index in [1.54, 1.807) is 11.8 Å². The lowest BCUT2D eigenvalue weighted by atomic mass is 10.1. The summed E-state index contributed by atoms with van der Waals surface area (Å²) in [4.78, 5) is 38.7. The Kier molecular flexibility index (Phi) is 8.43. The summed E-state index contributed by atoms with van der Waals surface area (Å²) >= 11 is 1.09. The number of nitrogens with one attached hydrogen (secondary N) is 1. The van der Waals surface area contributed by atoms with E-state index in [1.807, 2.05) is 49.4 Å². The Morgan fingerprint density at radius 1 is 1.03 bits per heavy atom. The number of hydrogen-bond acceptors (Lipinski definition) is 5. The first-order chi connectivity index (χ1) is 15.9. The number of halogens is 1. The smallest absolute Gasteiger partial charge is 0.319 e. The lowest BCUT2D eigenvalue weighted by molar-refractivity contribution is -0.146. The second-order valence-electron chi connectivity index (χ2n) is 7.25. The Bertz CT molecular complexity index is 1130. The van der Waals surface area contributed by atoms with Gasteiger partial charge in [0, 0.05) is 17.6 Å². The highest BCUT2D eigenvalue weighted by atomic mass is 32.2. The van der Waals surface area contributed by atoms with Gasteiger partial charge in [0.1, 0.15) is 11.1 Å². The molecule has 3 aromatic carbocycles. The summed E-state index contributed by atoms with van der Waals surface area (Å²) in [5.41, 5.74) is 1.23. The zero-order chi connectivity index (χ0) is 23.8. The number of anilines is 2. The van der Waals surface area contributed by atoms with Gasteiger partial charge in [-0.25, -0.2) is 4.39 Å². The van der Waals surface area contributed by atoms with Crippen LogP contribution in [0.5, 0.6) is 0 Å². The Balaban J connectivity index is 1.50. The second kappa shape index (κ2) is 11.5. The number of nitrogens with zero attached hydrogens (tertiary/aromatic N) is 1. The average Bonchev–Trinajstić information content (AvgIpc) is 2.83. The molecule has 1 unspecified atom stereocenters. The van der Waals surface area contributed by atoms with Crippen molar-refractivity contribution in [2.75, 3.05) is 29.1 Å². The van der Waals surface area contributed by atoms with Crippen molar-refractivity contribution in [2.45, 2.75) is 19.1 Å². The van der Waals surface area contributed by atoms with Crippen LogP contribution in [0.15, 0.2) is 66.7 Å². The van der Waals surface area contributed by atoms with Gasteiger partial charge in [0.05, 0.1) is 11.4 Å². The zero-order valence-corrected chi connectivity index (χ0v) is 19.2. The van der Waals surface area contributed by atoms with Crippen LogP contribution < -0.4 is 10.2 Å². The highest BCUT2D eigenvalue weighted by Crippen LogP contribution is 2.26. The fourth-order valence-electron chi connectivity index (χ4n) is 3.25. The maximum Gasteiger partial charge on any atom is 0.319 e. The third-order valence-electron chi connectivity index (χ3n) is 4.94. The van der Waals surface area contributed by atoms with Crippen molar-refractivity contribution in [3.05, 3.63) is 72.5 Å². The Hall–Kier alpha value is -3.39. The zero-order valence-electron chi connectivity index (χ0n) is 18.4. The molecule has 3 aromatic rings. The number of benzene rings is 3. The van der Waals surface area contributed by atoms with Gasteiger partial charge in [0.15, 0.2) is 6.61 Å². The van der Waals surface area contributed by atoms with Crippen molar-refractivity contribution in [2.24, 2.45) is 0 Å². The number of fused-ring (bicyclic) bond motifs is 1. The average molecular weight is 469 g/mol. The molecule has 8 heteroatoms. The first kappa shape index (κ1) is 24.3. The number of rotatable bonds is 9. The number of carbonyl (C=O) groups is 3. The molecule has 0 aromatic heterocycles. The number of likely N-dealkylation sites (N-methyl/N-ethyl adjacent to an activating group) is 1. The van der Waals surface area contributed by atoms with Gasteiger partial charge in [0.2, 0.25) is 5.91 Å². The monoisotopic (exact) mass is 468 g/mol. The molecule has 0 fully saturated rings. The van der Waals surface area contributed by atoms with E-state index in [1.165, 1.54) is 24.3 Å². The number of thioether (sulfide) groups is 1. The molecule has 1 N–H and O–H groups in total. The maximum atomic E-state index is 12.9. The lowest BCUT2D eigenvalue weighted by Crippen LogP contribution is -2.35. The van der Waals surface area contributed by atoms with Crippen LogP contribution >= 0.6 is 11.8 Å². The first-order valence-corrected chi connectivity index (χ1v) is 11.6. The molecule has 0 aliphatic rings. The van der Waals surface area contributed by atoms with E-state index in [-0.39, 0.29) is 24.2 Å². The summed E-state index contributed by atoms with van der Waals surface area (Å²) in [6.07, 6.45) is 0. The van der Waals surface area contributed by atoms with Crippen molar-refractivity contribution in [3.63, 3.8) is 0 Å². The molecule has 172 valence electrons. The molecule has 1 atom stereocenters. The van der Waals surface area contributed by atoms with Crippen LogP contribution in [0.2, 0.25) is 0 Å². The highest BCUT2D eigenvalue weighted by Gasteiger charge is 2.21. The normalized spacial score (nSPS) is 11.6. The van der Waals surface area contributed by atoms with E-state index in [9.17, 15) is 18.8 Å². The number of carbonyl (C=O) groups excluding carboxylic acids is 3. The molecular formula is C25H25FN2O4S. The minimum atomic E-state index is -0.635. The molecule has 0 spiro atoms. The van der Waals surface area contributed by atoms with Crippen LogP contribution in [0.3, 0.4) is 0 Å². The van der Waals surface area contributed by atoms with E-state index in [0.29, 0.717) is 12.2 Å². The van der Waals surface area contributed by atoms with E-state index >= 15 is 0 Å². The highest BCUT2D eigenvalue weighted by molar-refractivity contribution is 8.01. The Labute approximate surface area is 196 Å². The predicted octanol–water partition coefficient (Wildman–Crippen LogP) is 4.64. The fraction of sp³-hybridized carbons (Fsp3) is 0.240. The maximum absolute atomic E-state index is 12.9. The second-order valence-corrected chi connectivity index (χ2v) is 8.58. The van der Waals surface area contributed by atoms with Gasteiger partial charge in [-0.3, -0.25) is 14.4 Å². The van der Waals surface area contributed by atoms with Gasteiger partial charge >= 0.3 is 5.97 Å². The van der Waals surface area contributed by atoms with Gasteiger partial charge in [-0.15, -0.1) is 11.8 Å². The summed E-state index contributed by atoms with van der Waals surface area (Å²) < 4.78 is 18.2. The third-order valence-corrected chi connectivity index (χ3v) is 6.06.